The normalized spacial score (nSPS) is 22.1. The van der Waals surface area contributed by atoms with Crippen LogP contribution in [0.4, 0.5) is 92.2 Å². The summed E-state index contributed by atoms with van der Waals surface area (Å²) in [4.78, 5) is 41.1. The van der Waals surface area contributed by atoms with Crippen LogP contribution in [0.3, 0.4) is 0 Å². The van der Waals surface area contributed by atoms with Crippen LogP contribution in [0.1, 0.15) is 32.7 Å². The lowest BCUT2D eigenvalue weighted by Gasteiger charge is -2.39. The van der Waals surface area contributed by atoms with Gasteiger partial charge in [-0.15, -0.1) is 16.9 Å². The molecule has 0 amide bonds. The van der Waals surface area contributed by atoms with Crippen LogP contribution in [-0.2, 0) is 53.3 Å². The standard InChI is InChI=1S/C35H40F21N3O14S/c1-13(6-67-10-27(36,37)30(42,43)33(48,49)50)70-24(64)18(25(65)71-14(2)7-68-11-28(38,39)31(44,45)34(51,52)53)22(26(66)72-15(3)8-69-12-29(40,41)32(46,47)35(54,55)56)74-9-16-4-59(58-57-16)23-21(63)20(62)19(61)17(5-60)73-23/h4,13-15,17-23,60-63H,5-12H2,1-3H3/t13?,14?,15?,17-,18?,19+,20+,21-,22?,23-/m1/s1. The number of aromatic nitrogens is 3. The molecule has 0 saturated carbocycles. The highest BCUT2D eigenvalue weighted by molar-refractivity contribution is 7.99. The fourth-order valence-corrected chi connectivity index (χ4v) is 6.58. The summed E-state index contributed by atoms with van der Waals surface area (Å²) in [5.74, 6) is -48.5. The Morgan fingerprint density at radius 3 is 1.28 bits per heavy atom. The second-order valence-corrected chi connectivity index (χ2v) is 16.9. The minimum atomic E-state index is -6.85. The molecule has 432 valence electrons. The molecule has 0 radical (unpaired) electrons. The van der Waals surface area contributed by atoms with E-state index in [2.05, 4.69) is 24.5 Å². The molecule has 1 aromatic rings. The Morgan fingerprint density at radius 1 is 0.595 bits per heavy atom. The van der Waals surface area contributed by atoms with Crippen molar-refractivity contribution in [3.05, 3.63) is 11.9 Å². The number of carbonyl (C=O) groups excluding carboxylic acids is 3. The average molecular weight is 1160 g/mol. The van der Waals surface area contributed by atoms with Crippen molar-refractivity contribution in [2.75, 3.05) is 46.2 Å². The van der Waals surface area contributed by atoms with Crippen LogP contribution in [0.15, 0.2) is 6.20 Å². The number of aliphatic hydroxyl groups excluding tert-OH is 4. The number of ether oxygens (including phenoxy) is 7. The maximum atomic E-state index is 13.9. The van der Waals surface area contributed by atoms with Gasteiger partial charge in [0.25, 0.3) is 0 Å². The van der Waals surface area contributed by atoms with Gasteiger partial charge in [-0.05, 0) is 20.8 Å². The SMILES string of the molecule is CC(COCC(F)(F)C(F)(F)C(F)(F)F)OC(=O)C(SCc1cn([C@@H]2O[C@H](CO)[C@H](O)[C@H](O)[C@H]2O)nn1)C(C(=O)OC(C)COCC(F)(F)C(F)(F)C(F)(F)F)C(=O)OC(C)COCC(F)(F)C(F)(F)C(F)(F)F. The number of nitrogens with zero attached hydrogens (tertiary/aromatic N) is 3. The minimum absolute atomic E-state index is 0.0532. The van der Waals surface area contributed by atoms with Gasteiger partial charge < -0.3 is 53.6 Å². The molecular formula is C35H40F21N3O14S. The lowest BCUT2D eigenvalue weighted by molar-refractivity contribution is -0.362. The molecule has 74 heavy (non-hydrogen) atoms. The number of halogens is 21. The first-order valence-corrected chi connectivity index (χ1v) is 21.0. The van der Waals surface area contributed by atoms with E-state index in [-0.39, 0.29) is 11.8 Å². The van der Waals surface area contributed by atoms with E-state index in [9.17, 15) is 127 Å². The zero-order chi connectivity index (χ0) is 57.6. The Labute approximate surface area is 403 Å². The van der Waals surface area contributed by atoms with Crippen LogP contribution < -0.4 is 0 Å². The molecule has 17 nitrogen and oxygen atoms in total. The summed E-state index contributed by atoms with van der Waals surface area (Å²) in [6.45, 7) is -12.1. The first kappa shape index (κ1) is 66.2. The second kappa shape index (κ2) is 24.6. The lowest BCUT2D eigenvalue weighted by Crippen LogP contribution is -2.56. The van der Waals surface area contributed by atoms with Gasteiger partial charge in [-0.2, -0.15) is 92.2 Å². The Morgan fingerprint density at radius 2 is 0.946 bits per heavy atom. The Balaban J connectivity index is 2.58. The fourth-order valence-electron chi connectivity index (χ4n) is 5.49. The highest BCUT2D eigenvalue weighted by Gasteiger charge is 2.75. The number of carbonyl (C=O) groups is 3. The zero-order valence-corrected chi connectivity index (χ0v) is 37.9. The molecule has 39 heteroatoms. The quantitative estimate of drug-likeness (QED) is 0.0401. The second-order valence-electron chi connectivity index (χ2n) is 15.7. The van der Waals surface area contributed by atoms with Gasteiger partial charge in [0.05, 0.1) is 38.3 Å². The summed E-state index contributed by atoms with van der Waals surface area (Å²) in [7, 11) is 0. The Hall–Kier alpha value is -3.89. The molecule has 2 heterocycles. The van der Waals surface area contributed by atoms with Gasteiger partial charge in [0.1, 0.15) is 67.8 Å². The van der Waals surface area contributed by atoms with Gasteiger partial charge in [0.2, 0.25) is 0 Å². The summed E-state index contributed by atoms with van der Waals surface area (Å²) in [6, 6.07) is 0. The maximum absolute atomic E-state index is 13.9. The third kappa shape index (κ3) is 15.9. The highest BCUT2D eigenvalue weighted by atomic mass is 32.2. The van der Waals surface area contributed by atoms with Crippen molar-refractivity contribution in [2.45, 2.75) is 135 Å². The van der Waals surface area contributed by atoms with Crippen LogP contribution in [-0.4, -0.2) is 202 Å². The van der Waals surface area contributed by atoms with Crippen LogP contribution in [0.25, 0.3) is 0 Å². The number of aliphatic hydroxyl groups is 4. The summed E-state index contributed by atoms with van der Waals surface area (Å²) in [6.07, 6.45) is -35.5. The first-order chi connectivity index (χ1) is 33.3. The van der Waals surface area contributed by atoms with Crippen molar-refractivity contribution >= 4 is 29.7 Å². The molecular weight excluding hydrogens is 1120 g/mol. The van der Waals surface area contributed by atoms with Gasteiger partial charge in [0, 0.05) is 5.75 Å². The van der Waals surface area contributed by atoms with Gasteiger partial charge >= 0.3 is 72.0 Å². The van der Waals surface area contributed by atoms with Crippen molar-refractivity contribution in [1.29, 1.82) is 0 Å². The van der Waals surface area contributed by atoms with E-state index in [0.717, 1.165) is 6.20 Å². The molecule has 9 atom stereocenters. The van der Waals surface area contributed by atoms with Crippen molar-refractivity contribution in [3.8, 4) is 0 Å². The van der Waals surface area contributed by atoms with Crippen molar-refractivity contribution in [2.24, 2.45) is 5.92 Å². The predicted octanol–water partition coefficient (Wildman–Crippen LogP) is 4.81. The van der Waals surface area contributed by atoms with E-state index < -0.39 is 190 Å². The van der Waals surface area contributed by atoms with Crippen molar-refractivity contribution in [3.63, 3.8) is 0 Å². The third-order valence-electron chi connectivity index (χ3n) is 9.45. The van der Waals surface area contributed by atoms with E-state index in [1.54, 1.807) is 0 Å². The molecule has 0 spiro atoms. The molecule has 1 saturated heterocycles. The summed E-state index contributed by atoms with van der Waals surface area (Å²) < 4.78 is 309. The number of hydrogen-bond donors (Lipinski definition) is 4. The molecule has 1 aromatic heterocycles. The first-order valence-electron chi connectivity index (χ1n) is 20.0. The topological polar surface area (TPSA) is 227 Å². The minimum Gasteiger partial charge on any atom is -0.460 e. The van der Waals surface area contributed by atoms with Gasteiger partial charge in [-0.3, -0.25) is 14.4 Å². The number of thioether (sulfide) groups is 1. The number of hydrogen-bond acceptors (Lipinski definition) is 17. The molecule has 2 rings (SSSR count). The number of alkyl halides is 21. The van der Waals surface area contributed by atoms with E-state index in [0.29, 0.717) is 25.5 Å². The van der Waals surface area contributed by atoms with E-state index in [1.165, 1.54) is 0 Å². The monoisotopic (exact) mass is 1160 g/mol. The van der Waals surface area contributed by atoms with E-state index in [4.69, 9.17) is 18.9 Å². The molecule has 1 fully saturated rings. The van der Waals surface area contributed by atoms with Gasteiger partial charge in [-0.1, -0.05) is 5.21 Å². The smallest absolute Gasteiger partial charge is 0.459 e. The number of esters is 3. The molecule has 4 unspecified atom stereocenters. The summed E-state index contributed by atoms with van der Waals surface area (Å²) in [5, 5.41) is 44.6. The lowest BCUT2D eigenvalue weighted by atomic mass is 9.98. The Bertz CT molecular complexity index is 1930. The van der Waals surface area contributed by atoms with Crippen molar-refractivity contribution < 1.29 is 160 Å². The molecule has 0 bridgehead atoms. The highest BCUT2D eigenvalue weighted by Crippen LogP contribution is 2.49. The average Bonchev–Trinajstić information content (AvgIpc) is 3.71. The zero-order valence-electron chi connectivity index (χ0n) is 37.1. The number of rotatable bonds is 27. The molecule has 0 aromatic carbocycles. The van der Waals surface area contributed by atoms with E-state index >= 15 is 0 Å². The predicted molar refractivity (Wildman–Crippen MR) is 195 cm³/mol. The van der Waals surface area contributed by atoms with Gasteiger partial charge in [-0.25, -0.2) is 4.68 Å². The van der Waals surface area contributed by atoms with Crippen LogP contribution in [0.5, 0.6) is 0 Å². The van der Waals surface area contributed by atoms with Crippen LogP contribution >= 0.6 is 11.8 Å². The molecule has 0 aliphatic carbocycles. The molecule has 4 N–H and O–H groups in total. The molecule has 1 aliphatic heterocycles. The van der Waals surface area contributed by atoms with Crippen LogP contribution in [0.2, 0.25) is 0 Å². The largest absolute Gasteiger partial charge is 0.460 e. The molecule has 1 aliphatic rings. The van der Waals surface area contributed by atoms with Gasteiger partial charge in [0.15, 0.2) is 12.1 Å². The van der Waals surface area contributed by atoms with E-state index in [1.807, 2.05) is 0 Å². The fraction of sp³-hybridized carbons (Fsp3) is 0.857. The maximum Gasteiger partial charge on any atom is 0.459 e. The Kier molecular flexibility index (Phi) is 22.0. The summed E-state index contributed by atoms with van der Waals surface area (Å²) >= 11 is -0.0532. The van der Waals surface area contributed by atoms with Crippen LogP contribution in [0, 0.1) is 5.92 Å². The van der Waals surface area contributed by atoms with Crippen molar-refractivity contribution in [1.82, 2.24) is 15.0 Å². The summed E-state index contributed by atoms with van der Waals surface area (Å²) in [5.41, 5.74) is -0.453. The third-order valence-corrected chi connectivity index (χ3v) is 10.7.